The van der Waals surface area contributed by atoms with E-state index >= 15 is 4.39 Å². The number of halogens is 3. The predicted molar refractivity (Wildman–Crippen MR) is 102 cm³/mol. The molecule has 0 unspecified atom stereocenters. The van der Waals surface area contributed by atoms with Gasteiger partial charge in [-0.1, -0.05) is 17.7 Å². The normalized spacial score (nSPS) is 22.3. The number of rotatable bonds is 5. The molecule has 1 aliphatic heterocycles. The van der Waals surface area contributed by atoms with E-state index in [1.54, 1.807) is 6.20 Å². The first-order valence-electron chi connectivity index (χ1n) is 10.7. The smallest absolute Gasteiger partial charge is 0.253 e. The average molecular weight is 397 g/mol. The predicted octanol–water partition coefficient (Wildman–Crippen LogP) is 5.15. The second kappa shape index (κ2) is 8.34. The Morgan fingerprint density at radius 2 is 2.07 bits per heavy atom. The summed E-state index contributed by atoms with van der Waals surface area (Å²) in [5.41, 5.74) is -0.516. The van der Waals surface area contributed by atoms with E-state index in [0.29, 0.717) is 17.7 Å². The van der Waals surface area contributed by atoms with Crippen molar-refractivity contribution in [2.24, 2.45) is 0 Å². The van der Waals surface area contributed by atoms with Gasteiger partial charge in [-0.15, -0.1) is 0 Å². The lowest BCUT2D eigenvalue weighted by Crippen LogP contribution is -2.44. The van der Waals surface area contributed by atoms with Gasteiger partial charge in [-0.2, -0.15) is 0 Å². The van der Waals surface area contributed by atoms with Gasteiger partial charge in [-0.3, -0.25) is 9.78 Å². The van der Waals surface area contributed by atoms with Crippen LogP contribution < -0.4 is 0 Å². The number of pyridine rings is 1. The molecule has 1 saturated heterocycles. The molecule has 6 heteroatoms. The zero-order valence-corrected chi connectivity index (χ0v) is 15.7. The number of hydrogen-bond donors (Lipinski definition) is 0. The van der Waals surface area contributed by atoms with E-state index in [9.17, 15) is 9.18 Å². The molecule has 1 aromatic carbocycles. The Bertz CT molecular complexity index is 954. The molecule has 0 atom stereocenters. The van der Waals surface area contributed by atoms with Crippen molar-refractivity contribution >= 4 is 17.5 Å². The molecule has 144 valence electrons. The van der Waals surface area contributed by atoms with E-state index in [-0.39, 0.29) is 17.0 Å². The standard InChI is InChI=1S/C21H23ClF2N2O/c1-15-4-6-17(25-14-15)3-2-8-21(24)9-11-26(12-10-21)20(27)16-5-7-19(23)18(22)13-16/h4-7,13-14H,2-3,8-12H2,1H3/i11D2,12D2. The van der Waals surface area contributed by atoms with Crippen molar-refractivity contribution in [3.63, 3.8) is 0 Å². The first-order chi connectivity index (χ1) is 14.3. The third-order valence-corrected chi connectivity index (χ3v) is 4.80. The van der Waals surface area contributed by atoms with E-state index < -0.39 is 43.2 Å². The Balaban J connectivity index is 1.75. The number of aromatic nitrogens is 1. The fourth-order valence-corrected chi connectivity index (χ4v) is 3.05. The van der Waals surface area contributed by atoms with Crippen molar-refractivity contribution in [1.29, 1.82) is 0 Å². The molecule has 3 rings (SSSR count). The highest BCUT2D eigenvalue weighted by Gasteiger charge is 2.35. The molecule has 1 aromatic heterocycles. The van der Waals surface area contributed by atoms with Crippen molar-refractivity contribution < 1.29 is 19.1 Å². The van der Waals surface area contributed by atoms with Crippen LogP contribution >= 0.6 is 11.6 Å². The molecule has 0 spiro atoms. The quantitative estimate of drug-likeness (QED) is 0.700. The van der Waals surface area contributed by atoms with Crippen molar-refractivity contribution in [2.75, 3.05) is 13.0 Å². The first kappa shape index (κ1) is 15.0. The summed E-state index contributed by atoms with van der Waals surface area (Å²) in [6.45, 7) is -3.26. The Hall–Kier alpha value is -2.01. The van der Waals surface area contributed by atoms with E-state index in [1.165, 1.54) is 0 Å². The molecule has 0 saturated carbocycles. The fourth-order valence-electron chi connectivity index (χ4n) is 2.87. The molecule has 0 radical (unpaired) electrons. The molecule has 1 aliphatic rings. The van der Waals surface area contributed by atoms with Crippen LogP contribution in [0.2, 0.25) is 5.02 Å². The highest BCUT2D eigenvalue weighted by molar-refractivity contribution is 6.31. The maximum Gasteiger partial charge on any atom is 0.253 e. The van der Waals surface area contributed by atoms with Gasteiger partial charge in [-0.05, 0) is 68.9 Å². The molecule has 27 heavy (non-hydrogen) atoms. The number of aryl methyl sites for hydroxylation is 2. The van der Waals surface area contributed by atoms with Gasteiger partial charge < -0.3 is 4.90 Å². The number of likely N-dealkylation sites (tertiary alicyclic amines) is 1. The Labute approximate surface area is 169 Å². The number of carbonyl (C=O) groups excluding carboxylic acids is 1. The molecular formula is C21H23ClF2N2O. The minimum absolute atomic E-state index is 0.0635. The molecular weight excluding hydrogens is 370 g/mol. The summed E-state index contributed by atoms with van der Waals surface area (Å²) in [7, 11) is 0. The Morgan fingerprint density at radius 3 is 2.70 bits per heavy atom. The van der Waals surface area contributed by atoms with Gasteiger partial charge in [0.25, 0.3) is 5.91 Å². The van der Waals surface area contributed by atoms with Gasteiger partial charge >= 0.3 is 0 Å². The topological polar surface area (TPSA) is 33.2 Å². The molecule has 0 bridgehead atoms. The van der Waals surface area contributed by atoms with Crippen LogP contribution in [0.5, 0.6) is 0 Å². The minimum Gasteiger partial charge on any atom is -0.338 e. The number of amides is 1. The lowest BCUT2D eigenvalue weighted by atomic mass is 9.87. The van der Waals surface area contributed by atoms with Gasteiger partial charge in [0.2, 0.25) is 0 Å². The lowest BCUT2D eigenvalue weighted by Gasteiger charge is -2.36. The lowest BCUT2D eigenvalue weighted by molar-refractivity contribution is 0.0389. The van der Waals surface area contributed by atoms with E-state index in [4.69, 9.17) is 17.1 Å². The first-order valence-corrected chi connectivity index (χ1v) is 9.11. The molecule has 1 fully saturated rings. The summed E-state index contributed by atoms with van der Waals surface area (Å²) in [6.07, 6.45) is 1.16. The van der Waals surface area contributed by atoms with Crippen molar-refractivity contribution in [3.8, 4) is 0 Å². The van der Waals surface area contributed by atoms with Gasteiger partial charge in [0.05, 0.1) is 5.02 Å². The summed E-state index contributed by atoms with van der Waals surface area (Å²) >= 11 is 5.70. The summed E-state index contributed by atoms with van der Waals surface area (Å²) in [5, 5.41) is -0.339. The monoisotopic (exact) mass is 396 g/mol. The SMILES string of the molecule is [2H]C1([2H])CC(F)(CCCc2ccc(C)cn2)CC([2H])([2H])N1C(=O)c1ccc(F)c(Cl)c1. The number of nitrogens with zero attached hydrogens (tertiary/aromatic N) is 2. The number of carbonyl (C=O) groups is 1. The van der Waals surface area contributed by atoms with Crippen LogP contribution in [0.25, 0.3) is 0 Å². The molecule has 1 amide bonds. The Morgan fingerprint density at radius 1 is 1.33 bits per heavy atom. The van der Waals surface area contributed by atoms with Crippen molar-refractivity contribution in [3.05, 3.63) is 64.2 Å². The number of alkyl halides is 1. The molecule has 2 aromatic rings. The van der Waals surface area contributed by atoms with Crippen LogP contribution in [-0.2, 0) is 6.42 Å². The Kier molecular flexibility index (Phi) is 4.63. The summed E-state index contributed by atoms with van der Waals surface area (Å²) in [4.78, 5) is 17.5. The van der Waals surface area contributed by atoms with Gasteiger partial charge in [0.15, 0.2) is 0 Å². The third kappa shape index (κ3) is 5.04. The fraction of sp³-hybridized carbons (Fsp3) is 0.429. The van der Waals surface area contributed by atoms with Crippen LogP contribution in [0.1, 0.15) is 52.8 Å². The van der Waals surface area contributed by atoms with Crippen LogP contribution in [0.15, 0.2) is 36.5 Å². The van der Waals surface area contributed by atoms with Gasteiger partial charge in [-0.25, -0.2) is 8.78 Å². The summed E-state index contributed by atoms with van der Waals surface area (Å²) in [6, 6.07) is 6.80. The number of piperidine rings is 1. The summed E-state index contributed by atoms with van der Waals surface area (Å²) < 4.78 is 62.1. The molecule has 0 N–H and O–H groups in total. The second-order valence-electron chi connectivity index (χ2n) is 6.77. The zero-order chi connectivity index (χ0) is 23.0. The van der Waals surface area contributed by atoms with Crippen LogP contribution in [0, 0.1) is 12.7 Å². The van der Waals surface area contributed by atoms with Crippen LogP contribution in [0.4, 0.5) is 8.78 Å². The average Bonchev–Trinajstić information content (AvgIpc) is 2.63. The maximum absolute atomic E-state index is 15.6. The van der Waals surface area contributed by atoms with E-state index in [0.717, 1.165) is 29.5 Å². The van der Waals surface area contributed by atoms with Gasteiger partial charge in [0, 0.05) is 35.9 Å². The minimum atomic E-state index is -2.59. The number of hydrogen-bond acceptors (Lipinski definition) is 2. The highest BCUT2D eigenvalue weighted by atomic mass is 35.5. The number of benzene rings is 1. The van der Waals surface area contributed by atoms with E-state index in [2.05, 4.69) is 4.98 Å². The molecule has 2 heterocycles. The largest absolute Gasteiger partial charge is 0.338 e. The second-order valence-corrected chi connectivity index (χ2v) is 7.18. The van der Waals surface area contributed by atoms with Crippen molar-refractivity contribution in [1.82, 2.24) is 9.88 Å². The summed E-state index contributed by atoms with van der Waals surface area (Å²) in [5.74, 6) is -1.77. The maximum atomic E-state index is 15.6. The zero-order valence-electron chi connectivity index (χ0n) is 18.9. The highest BCUT2D eigenvalue weighted by Crippen LogP contribution is 2.32. The van der Waals surface area contributed by atoms with Gasteiger partial charge in [0.1, 0.15) is 11.5 Å². The third-order valence-electron chi connectivity index (χ3n) is 4.51. The molecule has 0 aliphatic carbocycles. The van der Waals surface area contributed by atoms with Crippen molar-refractivity contribution in [2.45, 2.75) is 44.7 Å². The van der Waals surface area contributed by atoms with Crippen LogP contribution in [0.3, 0.4) is 0 Å². The molecule has 3 nitrogen and oxygen atoms in total. The van der Waals surface area contributed by atoms with E-state index in [1.807, 2.05) is 19.1 Å². The van der Waals surface area contributed by atoms with Crippen LogP contribution in [-0.4, -0.2) is 34.5 Å².